The van der Waals surface area contributed by atoms with Gasteiger partial charge in [0, 0.05) is 31.1 Å². The molecular formula is C15H24BNO3. The lowest BCUT2D eigenvalue weighted by atomic mass is 9.80. The Hall–Kier alpha value is -0.905. The van der Waals surface area contributed by atoms with E-state index in [-0.39, 0.29) is 18.3 Å². The van der Waals surface area contributed by atoms with Gasteiger partial charge in [-0.3, -0.25) is 4.98 Å². The quantitative estimate of drug-likeness (QED) is 0.609. The molecule has 1 aromatic rings. The highest BCUT2D eigenvalue weighted by Gasteiger charge is 2.51. The van der Waals surface area contributed by atoms with E-state index < -0.39 is 0 Å². The zero-order chi connectivity index (χ0) is 14.8. The fraction of sp³-hybridized carbons (Fsp3) is 0.667. The van der Waals surface area contributed by atoms with Crippen molar-refractivity contribution in [3.8, 4) is 0 Å². The van der Waals surface area contributed by atoms with Crippen molar-refractivity contribution in [3.05, 3.63) is 24.0 Å². The number of rotatable bonds is 5. The number of aromatic nitrogens is 1. The van der Waals surface area contributed by atoms with Gasteiger partial charge < -0.3 is 14.0 Å². The molecule has 1 aliphatic heterocycles. The molecule has 0 atom stereocenters. The van der Waals surface area contributed by atoms with Crippen molar-refractivity contribution in [3.63, 3.8) is 0 Å². The van der Waals surface area contributed by atoms with Crippen molar-refractivity contribution in [2.24, 2.45) is 0 Å². The van der Waals surface area contributed by atoms with Crippen molar-refractivity contribution in [2.45, 2.75) is 51.7 Å². The number of methoxy groups -OCH3 is 1. The van der Waals surface area contributed by atoms with Crippen molar-refractivity contribution in [2.75, 3.05) is 13.7 Å². The van der Waals surface area contributed by atoms with E-state index in [2.05, 4.69) is 32.7 Å². The van der Waals surface area contributed by atoms with Crippen LogP contribution in [0, 0.1) is 0 Å². The van der Waals surface area contributed by atoms with E-state index in [1.54, 1.807) is 7.11 Å². The molecule has 110 valence electrons. The molecule has 0 aliphatic carbocycles. The van der Waals surface area contributed by atoms with Crippen LogP contribution in [0.25, 0.3) is 0 Å². The van der Waals surface area contributed by atoms with Gasteiger partial charge in [-0.15, -0.1) is 0 Å². The van der Waals surface area contributed by atoms with Crippen molar-refractivity contribution < 1.29 is 14.0 Å². The molecule has 0 saturated carbocycles. The van der Waals surface area contributed by atoms with Crippen LogP contribution in [0.4, 0.5) is 0 Å². The highest BCUT2D eigenvalue weighted by molar-refractivity contribution is 6.62. The predicted octanol–water partition coefficient (Wildman–Crippen LogP) is 1.96. The summed E-state index contributed by atoms with van der Waals surface area (Å²) in [5.41, 5.74) is 1.42. The number of ether oxygens (including phenoxy) is 1. The van der Waals surface area contributed by atoms with Crippen LogP contribution in [0.3, 0.4) is 0 Å². The number of hydrogen-bond donors (Lipinski definition) is 0. The van der Waals surface area contributed by atoms with Crippen LogP contribution in [0.5, 0.6) is 0 Å². The summed E-state index contributed by atoms with van der Waals surface area (Å²) < 4.78 is 17.1. The molecule has 2 rings (SSSR count). The third kappa shape index (κ3) is 3.22. The van der Waals surface area contributed by atoms with Gasteiger partial charge in [0.1, 0.15) is 0 Å². The minimum Gasteiger partial charge on any atom is -0.399 e. The number of nitrogens with zero attached hydrogens (tertiary/aromatic N) is 1. The molecule has 1 aromatic heterocycles. The standard InChI is InChI=1S/C15H24BNO3/c1-14(2)15(3,4)20-16(19-14)12-8-9-13(17-11-12)7-6-10-18-5/h8-9,11H,6-7,10H2,1-5H3. The Kier molecular flexibility index (Phi) is 4.52. The molecule has 0 bridgehead atoms. The predicted molar refractivity (Wildman–Crippen MR) is 80.2 cm³/mol. The van der Waals surface area contributed by atoms with Crippen molar-refractivity contribution in [1.82, 2.24) is 4.98 Å². The molecule has 0 unspecified atom stereocenters. The highest BCUT2D eigenvalue weighted by atomic mass is 16.7. The summed E-state index contributed by atoms with van der Waals surface area (Å²) in [7, 11) is 1.38. The van der Waals surface area contributed by atoms with E-state index in [9.17, 15) is 0 Å². The largest absolute Gasteiger partial charge is 0.496 e. The molecule has 1 saturated heterocycles. The van der Waals surface area contributed by atoms with Crippen LogP contribution >= 0.6 is 0 Å². The summed E-state index contributed by atoms with van der Waals surface area (Å²) in [5, 5.41) is 0. The Morgan fingerprint density at radius 3 is 2.30 bits per heavy atom. The van der Waals surface area contributed by atoms with Gasteiger partial charge in [-0.25, -0.2) is 0 Å². The molecule has 2 heterocycles. The third-order valence-corrected chi connectivity index (χ3v) is 4.15. The maximum atomic E-state index is 6.01. The lowest BCUT2D eigenvalue weighted by Crippen LogP contribution is -2.41. The summed E-state index contributed by atoms with van der Waals surface area (Å²) in [5.74, 6) is 0. The van der Waals surface area contributed by atoms with Gasteiger partial charge >= 0.3 is 7.12 Å². The van der Waals surface area contributed by atoms with Gasteiger partial charge in [0.2, 0.25) is 0 Å². The second-order valence-electron chi connectivity index (χ2n) is 6.27. The second kappa shape index (κ2) is 5.84. The molecule has 0 N–H and O–H groups in total. The Labute approximate surface area is 122 Å². The van der Waals surface area contributed by atoms with E-state index >= 15 is 0 Å². The first-order valence-electron chi connectivity index (χ1n) is 7.15. The topological polar surface area (TPSA) is 40.6 Å². The van der Waals surface area contributed by atoms with Gasteiger partial charge in [-0.2, -0.15) is 0 Å². The van der Waals surface area contributed by atoms with Crippen LogP contribution in [0.2, 0.25) is 0 Å². The number of pyridine rings is 1. The van der Waals surface area contributed by atoms with E-state index in [1.165, 1.54) is 0 Å². The zero-order valence-corrected chi connectivity index (χ0v) is 13.1. The van der Waals surface area contributed by atoms with Crippen LogP contribution in [-0.2, 0) is 20.5 Å². The maximum Gasteiger partial charge on any atom is 0.496 e. The minimum absolute atomic E-state index is 0.311. The van der Waals surface area contributed by atoms with Gasteiger partial charge in [-0.1, -0.05) is 6.07 Å². The summed E-state index contributed by atoms with van der Waals surface area (Å²) in [6.45, 7) is 8.98. The Morgan fingerprint density at radius 1 is 1.15 bits per heavy atom. The molecule has 4 nitrogen and oxygen atoms in total. The highest BCUT2D eigenvalue weighted by Crippen LogP contribution is 2.36. The molecule has 0 amide bonds. The third-order valence-electron chi connectivity index (χ3n) is 4.15. The van der Waals surface area contributed by atoms with E-state index in [0.29, 0.717) is 0 Å². The van der Waals surface area contributed by atoms with Crippen LogP contribution < -0.4 is 5.46 Å². The molecule has 0 radical (unpaired) electrons. The Balaban J connectivity index is 2.01. The average Bonchev–Trinajstić information content (AvgIpc) is 2.60. The van der Waals surface area contributed by atoms with E-state index in [4.69, 9.17) is 14.0 Å². The molecular weight excluding hydrogens is 253 g/mol. The zero-order valence-electron chi connectivity index (χ0n) is 13.1. The average molecular weight is 277 g/mol. The SMILES string of the molecule is COCCCc1ccc(B2OC(C)(C)C(C)(C)O2)cn1. The van der Waals surface area contributed by atoms with E-state index in [1.807, 2.05) is 18.3 Å². The first-order chi connectivity index (χ1) is 9.36. The summed E-state index contributed by atoms with van der Waals surface area (Å²) in [6, 6.07) is 4.08. The van der Waals surface area contributed by atoms with Crippen molar-refractivity contribution in [1.29, 1.82) is 0 Å². The van der Waals surface area contributed by atoms with Crippen LogP contribution in [0.15, 0.2) is 18.3 Å². The molecule has 1 fully saturated rings. The van der Waals surface area contributed by atoms with Gasteiger partial charge in [0.25, 0.3) is 0 Å². The molecule has 0 spiro atoms. The molecule has 1 aliphatic rings. The lowest BCUT2D eigenvalue weighted by Gasteiger charge is -2.32. The first kappa shape index (κ1) is 15.5. The smallest absolute Gasteiger partial charge is 0.399 e. The lowest BCUT2D eigenvalue weighted by molar-refractivity contribution is 0.00578. The number of aryl methyl sites for hydroxylation is 1. The van der Waals surface area contributed by atoms with Crippen molar-refractivity contribution >= 4 is 12.6 Å². The monoisotopic (exact) mass is 277 g/mol. The van der Waals surface area contributed by atoms with E-state index in [0.717, 1.165) is 30.6 Å². The number of hydrogen-bond acceptors (Lipinski definition) is 4. The fourth-order valence-corrected chi connectivity index (χ4v) is 2.10. The Bertz CT molecular complexity index is 429. The Morgan fingerprint density at radius 2 is 1.80 bits per heavy atom. The first-order valence-corrected chi connectivity index (χ1v) is 7.15. The minimum atomic E-state index is -0.333. The van der Waals surface area contributed by atoms with Crippen LogP contribution in [-0.4, -0.2) is 37.0 Å². The van der Waals surface area contributed by atoms with Gasteiger partial charge in [0.05, 0.1) is 11.2 Å². The second-order valence-corrected chi connectivity index (χ2v) is 6.27. The molecule has 20 heavy (non-hydrogen) atoms. The summed E-state index contributed by atoms with van der Waals surface area (Å²) in [6.07, 6.45) is 3.76. The van der Waals surface area contributed by atoms with Gasteiger partial charge in [-0.05, 0) is 46.6 Å². The molecule has 5 heteroatoms. The molecule has 0 aromatic carbocycles. The summed E-state index contributed by atoms with van der Waals surface area (Å²) >= 11 is 0. The fourth-order valence-electron chi connectivity index (χ4n) is 2.10. The van der Waals surface area contributed by atoms with Crippen LogP contribution in [0.1, 0.15) is 39.8 Å². The summed E-state index contributed by atoms with van der Waals surface area (Å²) in [4.78, 5) is 4.48. The normalized spacial score (nSPS) is 20.4. The van der Waals surface area contributed by atoms with Gasteiger partial charge in [0.15, 0.2) is 0 Å². The maximum absolute atomic E-state index is 6.01.